The summed E-state index contributed by atoms with van der Waals surface area (Å²) in [6.07, 6.45) is 0. The number of rotatable bonds is 6. The van der Waals surface area contributed by atoms with E-state index in [0.29, 0.717) is 45.3 Å². The van der Waals surface area contributed by atoms with Crippen LogP contribution in [-0.2, 0) is 17.1 Å². The predicted octanol–water partition coefficient (Wildman–Crippen LogP) is 2.80. The molecule has 0 saturated carbocycles. The molecule has 3 aromatic rings. The zero-order chi connectivity index (χ0) is 23.4. The van der Waals surface area contributed by atoms with Gasteiger partial charge in [-0.05, 0) is 52.0 Å². The van der Waals surface area contributed by atoms with Crippen LogP contribution in [0.25, 0.3) is 0 Å². The van der Waals surface area contributed by atoms with Crippen LogP contribution in [0.4, 0.5) is 22.7 Å². The van der Waals surface area contributed by atoms with Crippen LogP contribution in [0.3, 0.4) is 0 Å². The number of halogens is 1. The maximum absolute atomic E-state index is 11.2. The van der Waals surface area contributed by atoms with Crippen LogP contribution >= 0.6 is 0 Å². The smallest absolute Gasteiger partial charge is 0.274 e. The first-order valence-electron chi connectivity index (χ1n) is 9.75. The third kappa shape index (κ3) is 6.32. The molecule has 11 heteroatoms. The van der Waals surface area contributed by atoms with Gasteiger partial charge in [0.05, 0.1) is 55.2 Å². The number of pyridine rings is 1. The van der Waals surface area contributed by atoms with Gasteiger partial charge in [0.15, 0.2) is 0 Å². The van der Waals surface area contributed by atoms with Crippen molar-refractivity contribution < 1.29 is 39.3 Å². The van der Waals surface area contributed by atoms with E-state index in [9.17, 15) is 20.2 Å². The van der Waals surface area contributed by atoms with Crippen molar-refractivity contribution in [1.29, 1.82) is 0 Å². The minimum atomic E-state index is -0.432. The Bertz CT molecular complexity index is 1200. The molecule has 178 valence electrons. The molecule has 2 aromatic carbocycles. The molecular weight excluding hydrogens is 502 g/mol. The van der Waals surface area contributed by atoms with Crippen LogP contribution in [0.1, 0.15) is 36.4 Å². The average molecular weight is 523 g/mol. The molecule has 0 saturated heterocycles. The van der Waals surface area contributed by atoms with E-state index in [2.05, 4.69) is 15.0 Å². The normalized spacial score (nSPS) is 11.3. The van der Waals surface area contributed by atoms with Crippen molar-refractivity contribution >= 4 is 34.2 Å². The SMILES string of the molecule is CC(=Nc1cccc([N+](=O)[O-])c1C)c1cccc(C(C)=Nc2cccc([N+](=O)[O-])c2C)n1.[Cl-].[Fe]. The second-order valence-electron chi connectivity index (χ2n) is 7.16. The maximum atomic E-state index is 11.2. The Morgan fingerprint density at radius 3 is 1.44 bits per heavy atom. The fraction of sp³-hybridized carbons (Fsp3) is 0.174. The molecule has 1 heterocycles. The van der Waals surface area contributed by atoms with E-state index in [1.54, 1.807) is 64.1 Å². The third-order valence-electron chi connectivity index (χ3n) is 5.01. The maximum Gasteiger partial charge on any atom is 0.274 e. The minimum absolute atomic E-state index is 0. The number of aliphatic imine (C=N–C) groups is 2. The van der Waals surface area contributed by atoms with Gasteiger partial charge in [-0.1, -0.05) is 18.2 Å². The predicted molar refractivity (Wildman–Crippen MR) is 124 cm³/mol. The molecule has 0 aliphatic rings. The molecule has 0 aliphatic carbocycles. The summed E-state index contributed by atoms with van der Waals surface area (Å²) in [5.41, 5.74) is 4.36. The van der Waals surface area contributed by atoms with Crippen molar-refractivity contribution in [3.8, 4) is 0 Å². The zero-order valence-corrected chi connectivity index (χ0v) is 20.7. The van der Waals surface area contributed by atoms with Crippen molar-refractivity contribution in [3.63, 3.8) is 0 Å². The first kappa shape index (κ1) is 28.6. The van der Waals surface area contributed by atoms with Crippen molar-refractivity contribution in [2.45, 2.75) is 27.7 Å². The number of nitro groups is 2. The number of benzene rings is 2. The summed E-state index contributed by atoms with van der Waals surface area (Å²) in [4.78, 5) is 35.2. The fourth-order valence-electron chi connectivity index (χ4n) is 3.17. The monoisotopic (exact) mass is 522 g/mol. The summed E-state index contributed by atoms with van der Waals surface area (Å²) in [7, 11) is 0. The fourth-order valence-corrected chi connectivity index (χ4v) is 3.17. The van der Waals surface area contributed by atoms with Gasteiger partial charge in [-0.2, -0.15) is 0 Å². The van der Waals surface area contributed by atoms with E-state index in [-0.39, 0.29) is 40.9 Å². The van der Waals surface area contributed by atoms with Crippen molar-refractivity contribution in [1.82, 2.24) is 4.98 Å². The summed E-state index contributed by atoms with van der Waals surface area (Å²) < 4.78 is 0. The van der Waals surface area contributed by atoms with E-state index in [4.69, 9.17) is 0 Å². The Balaban J connectivity index is 0.00000289. The van der Waals surface area contributed by atoms with Gasteiger partial charge in [0.2, 0.25) is 0 Å². The molecule has 0 amide bonds. The van der Waals surface area contributed by atoms with Gasteiger partial charge in [0.25, 0.3) is 11.4 Å². The molecule has 0 spiro atoms. The summed E-state index contributed by atoms with van der Waals surface area (Å²) in [6, 6.07) is 14.9. The number of hydrogen-bond acceptors (Lipinski definition) is 7. The standard InChI is InChI=1S/C23H21N5O4.ClH.Fe/c1-14-18(8-6-12-22(14)27(29)30)24-16(3)20-10-5-11-21(26-20)17(4)25-19-9-7-13-23(15(19)2)28(31)32;;/h5-13H,1-4H3;1H;/p-1. The van der Waals surface area contributed by atoms with E-state index >= 15 is 0 Å². The van der Waals surface area contributed by atoms with Gasteiger partial charge in [-0.25, -0.2) is 4.98 Å². The Morgan fingerprint density at radius 2 is 1.09 bits per heavy atom. The van der Waals surface area contributed by atoms with E-state index in [0.717, 1.165) is 0 Å². The van der Waals surface area contributed by atoms with Crippen LogP contribution < -0.4 is 12.4 Å². The molecule has 0 N–H and O–H groups in total. The molecule has 34 heavy (non-hydrogen) atoms. The summed E-state index contributed by atoms with van der Waals surface area (Å²) in [6.45, 7) is 6.88. The minimum Gasteiger partial charge on any atom is -1.00 e. The second kappa shape index (κ2) is 12.1. The van der Waals surface area contributed by atoms with E-state index < -0.39 is 9.85 Å². The summed E-state index contributed by atoms with van der Waals surface area (Å²) in [5, 5.41) is 22.4. The molecule has 0 radical (unpaired) electrons. The van der Waals surface area contributed by atoms with Gasteiger partial charge < -0.3 is 12.4 Å². The third-order valence-corrected chi connectivity index (χ3v) is 5.01. The Morgan fingerprint density at radius 1 is 0.735 bits per heavy atom. The molecule has 9 nitrogen and oxygen atoms in total. The quantitative estimate of drug-likeness (QED) is 0.213. The zero-order valence-electron chi connectivity index (χ0n) is 18.8. The van der Waals surface area contributed by atoms with Crippen LogP contribution in [0.5, 0.6) is 0 Å². The van der Waals surface area contributed by atoms with Gasteiger partial charge in [-0.15, -0.1) is 0 Å². The topological polar surface area (TPSA) is 124 Å². The van der Waals surface area contributed by atoms with Gasteiger partial charge in [0, 0.05) is 29.2 Å². The number of nitrogens with zero attached hydrogens (tertiary/aromatic N) is 5. The number of aromatic nitrogens is 1. The molecule has 0 aliphatic heterocycles. The van der Waals surface area contributed by atoms with Crippen LogP contribution in [0.2, 0.25) is 0 Å². The van der Waals surface area contributed by atoms with Crippen molar-refractivity contribution in [3.05, 3.63) is 97.3 Å². The first-order chi connectivity index (χ1) is 15.2. The van der Waals surface area contributed by atoms with E-state index in [1.807, 2.05) is 6.07 Å². The molecule has 0 unspecified atom stereocenters. The number of hydrogen-bond donors (Lipinski definition) is 0. The molecule has 0 bridgehead atoms. The molecule has 0 fully saturated rings. The Kier molecular flexibility index (Phi) is 10.2. The van der Waals surface area contributed by atoms with Gasteiger partial charge in [-0.3, -0.25) is 30.2 Å². The van der Waals surface area contributed by atoms with Gasteiger partial charge in [0.1, 0.15) is 0 Å². The Hall–Kier alpha value is -3.46. The second-order valence-corrected chi connectivity index (χ2v) is 7.16. The largest absolute Gasteiger partial charge is 1.00 e. The molecular formula is C23H21ClFeN5O4-. The average Bonchev–Trinajstić information content (AvgIpc) is 2.76. The van der Waals surface area contributed by atoms with Crippen LogP contribution in [0, 0.1) is 34.1 Å². The summed E-state index contributed by atoms with van der Waals surface area (Å²) in [5.74, 6) is 0. The van der Waals surface area contributed by atoms with Crippen molar-refractivity contribution in [2.24, 2.45) is 9.98 Å². The first-order valence-corrected chi connectivity index (χ1v) is 9.75. The Labute approximate surface area is 213 Å². The van der Waals surface area contributed by atoms with Crippen LogP contribution in [-0.4, -0.2) is 26.3 Å². The number of nitro benzene ring substituents is 2. The summed E-state index contributed by atoms with van der Waals surface area (Å²) >= 11 is 0. The van der Waals surface area contributed by atoms with Gasteiger partial charge >= 0.3 is 0 Å². The van der Waals surface area contributed by atoms with Crippen molar-refractivity contribution in [2.75, 3.05) is 0 Å². The van der Waals surface area contributed by atoms with E-state index in [1.165, 1.54) is 12.1 Å². The molecule has 0 atom stereocenters. The molecule has 1 aromatic heterocycles. The van der Waals surface area contributed by atoms with Crippen LogP contribution in [0.15, 0.2) is 64.6 Å². The molecule has 3 rings (SSSR count).